The third-order valence-corrected chi connectivity index (χ3v) is 5.93. The molecule has 1 nitrogen and oxygen atoms in total. The molecule has 1 fully saturated rings. The molecular weight excluding hydrogens is 380 g/mol. The van der Waals surface area contributed by atoms with Crippen LogP contribution in [0.4, 0.5) is 17.6 Å². The number of rotatable bonds is 6. The van der Waals surface area contributed by atoms with Gasteiger partial charge in [-0.15, -0.1) is 0 Å². The second-order valence-electron chi connectivity index (χ2n) is 7.86. The van der Waals surface area contributed by atoms with Crippen LogP contribution in [0.15, 0.2) is 36.4 Å². The fourth-order valence-corrected chi connectivity index (χ4v) is 4.47. The Bertz CT molecular complexity index is 803. The highest BCUT2D eigenvalue weighted by atomic mass is 19.4. The van der Waals surface area contributed by atoms with Crippen molar-refractivity contribution < 1.29 is 22.3 Å². The molecule has 1 aliphatic rings. The molecule has 0 saturated heterocycles. The second kappa shape index (κ2) is 9.19. The van der Waals surface area contributed by atoms with Crippen molar-refractivity contribution in [2.24, 2.45) is 5.92 Å². The van der Waals surface area contributed by atoms with Gasteiger partial charge in [0.05, 0.1) is 6.61 Å². The molecule has 0 atom stereocenters. The topological polar surface area (TPSA) is 9.23 Å². The third kappa shape index (κ3) is 4.93. The van der Waals surface area contributed by atoms with Crippen LogP contribution >= 0.6 is 0 Å². The Morgan fingerprint density at radius 2 is 1.59 bits per heavy atom. The lowest BCUT2D eigenvalue weighted by Gasteiger charge is -2.28. The van der Waals surface area contributed by atoms with Gasteiger partial charge in [-0.1, -0.05) is 44.0 Å². The summed E-state index contributed by atoms with van der Waals surface area (Å²) in [7, 11) is 0. The quantitative estimate of drug-likeness (QED) is 0.440. The van der Waals surface area contributed by atoms with Gasteiger partial charge in [0.2, 0.25) is 0 Å². The lowest BCUT2D eigenvalue weighted by Crippen LogP contribution is -2.13. The Morgan fingerprint density at radius 1 is 0.931 bits per heavy atom. The van der Waals surface area contributed by atoms with Crippen LogP contribution in [-0.4, -0.2) is 6.61 Å². The molecule has 0 spiro atoms. The molecule has 0 bridgehead atoms. The van der Waals surface area contributed by atoms with Crippen LogP contribution < -0.4 is 4.74 Å². The van der Waals surface area contributed by atoms with E-state index in [1.54, 1.807) is 19.1 Å². The first-order valence-corrected chi connectivity index (χ1v) is 10.5. The molecule has 5 heteroatoms. The molecule has 1 saturated carbocycles. The van der Waals surface area contributed by atoms with E-state index in [1.165, 1.54) is 37.8 Å². The summed E-state index contributed by atoms with van der Waals surface area (Å²) in [5.74, 6) is -0.466. The van der Waals surface area contributed by atoms with Gasteiger partial charge >= 0.3 is 6.18 Å². The largest absolute Gasteiger partial charge is 0.491 e. The Hall–Kier alpha value is -2.04. The van der Waals surface area contributed by atoms with Crippen LogP contribution in [0.25, 0.3) is 11.1 Å². The SMILES string of the molecule is CCCC1CCC(c2ccc(-c3ccc(OCC)c(F)c3C(F)(F)F)cc2)CC1. The normalized spacial score (nSPS) is 19.9. The van der Waals surface area contributed by atoms with Crippen molar-refractivity contribution in [3.8, 4) is 16.9 Å². The summed E-state index contributed by atoms with van der Waals surface area (Å²) in [6, 6.07) is 9.72. The van der Waals surface area contributed by atoms with Gasteiger partial charge < -0.3 is 4.74 Å². The second-order valence-corrected chi connectivity index (χ2v) is 7.86. The standard InChI is InChI=1S/C24H28F4O/c1-3-5-16-6-8-17(9-7-16)18-10-12-19(13-11-18)20-14-15-21(29-4-2)23(25)22(20)24(26,27)28/h10-17H,3-9H2,1-2H3. The molecule has 29 heavy (non-hydrogen) atoms. The molecule has 2 aromatic rings. The van der Waals surface area contributed by atoms with Crippen LogP contribution in [0.5, 0.6) is 5.75 Å². The van der Waals surface area contributed by atoms with Gasteiger partial charge in [-0.05, 0) is 73.3 Å². The van der Waals surface area contributed by atoms with Crippen LogP contribution in [0.1, 0.15) is 69.4 Å². The van der Waals surface area contributed by atoms with Crippen LogP contribution in [0.2, 0.25) is 0 Å². The molecule has 0 amide bonds. The zero-order chi connectivity index (χ0) is 21.0. The van der Waals surface area contributed by atoms with E-state index in [2.05, 4.69) is 6.92 Å². The first-order valence-electron chi connectivity index (χ1n) is 10.5. The van der Waals surface area contributed by atoms with Crippen molar-refractivity contribution in [1.29, 1.82) is 0 Å². The van der Waals surface area contributed by atoms with Gasteiger partial charge in [0.15, 0.2) is 11.6 Å². The lowest BCUT2D eigenvalue weighted by molar-refractivity contribution is -0.139. The van der Waals surface area contributed by atoms with Crippen molar-refractivity contribution in [2.45, 2.75) is 64.5 Å². The van der Waals surface area contributed by atoms with Crippen molar-refractivity contribution >= 4 is 0 Å². The highest BCUT2D eigenvalue weighted by Gasteiger charge is 2.38. The fourth-order valence-electron chi connectivity index (χ4n) is 4.47. The smallest absolute Gasteiger partial charge is 0.419 e. The molecule has 0 N–H and O–H groups in total. The van der Waals surface area contributed by atoms with Gasteiger partial charge in [0, 0.05) is 0 Å². The van der Waals surface area contributed by atoms with E-state index in [-0.39, 0.29) is 17.9 Å². The summed E-state index contributed by atoms with van der Waals surface area (Å²) in [5, 5.41) is 0. The van der Waals surface area contributed by atoms with Gasteiger partial charge in [0.25, 0.3) is 0 Å². The highest BCUT2D eigenvalue weighted by Crippen LogP contribution is 2.43. The molecule has 0 aliphatic heterocycles. The van der Waals surface area contributed by atoms with Gasteiger partial charge in [-0.2, -0.15) is 13.2 Å². The summed E-state index contributed by atoms with van der Waals surface area (Å²) in [6.07, 6.45) is 2.35. The van der Waals surface area contributed by atoms with Crippen LogP contribution in [-0.2, 0) is 6.18 Å². The summed E-state index contributed by atoms with van der Waals surface area (Å²) in [5.41, 5.74) is 0.0966. The monoisotopic (exact) mass is 408 g/mol. The molecule has 3 rings (SSSR count). The van der Waals surface area contributed by atoms with E-state index in [9.17, 15) is 17.6 Å². The summed E-state index contributed by atoms with van der Waals surface area (Å²) >= 11 is 0. The van der Waals surface area contributed by atoms with E-state index in [4.69, 9.17) is 4.74 Å². The number of hydrogen-bond donors (Lipinski definition) is 0. The molecule has 158 valence electrons. The van der Waals surface area contributed by atoms with Crippen molar-refractivity contribution in [3.63, 3.8) is 0 Å². The summed E-state index contributed by atoms with van der Waals surface area (Å²) in [4.78, 5) is 0. The minimum atomic E-state index is -4.80. The Labute approximate surface area is 170 Å². The number of ether oxygens (including phenoxy) is 1. The lowest BCUT2D eigenvalue weighted by atomic mass is 9.77. The predicted octanol–water partition coefficient (Wildman–Crippen LogP) is 7.98. The molecule has 0 aromatic heterocycles. The van der Waals surface area contributed by atoms with Crippen molar-refractivity contribution in [1.82, 2.24) is 0 Å². The van der Waals surface area contributed by atoms with Crippen LogP contribution in [0, 0.1) is 11.7 Å². The average Bonchev–Trinajstić information content (AvgIpc) is 2.69. The van der Waals surface area contributed by atoms with Crippen molar-refractivity contribution in [3.05, 3.63) is 53.3 Å². The summed E-state index contributed by atoms with van der Waals surface area (Å²) in [6.45, 7) is 3.92. The maximum atomic E-state index is 14.5. The first-order chi connectivity index (χ1) is 13.8. The van der Waals surface area contributed by atoms with Crippen molar-refractivity contribution in [2.75, 3.05) is 6.61 Å². The first kappa shape index (κ1) is 21.7. The Kier molecular flexibility index (Phi) is 6.86. The Morgan fingerprint density at radius 3 is 2.14 bits per heavy atom. The number of alkyl halides is 3. The van der Waals surface area contributed by atoms with E-state index in [0.29, 0.717) is 11.5 Å². The van der Waals surface area contributed by atoms with E-state index in [1.807, 2.05) is 12.1 Å². The minimum Gasteiger partial charge on any atom is -0.491 e. The highest BCUT2D eigenvalue weighted by molar-refractivity contribution is 5.70. The van der Waals surface area contributed by atoms with Gasteiger partial charge in [0.1, 0.15) is 5.56 Å². The van der Waals surface area contributed by atoms with E-state index < -0.39 is 17.6 Å². The minimum absolute atomic E-state index is 0.1000. The zero-order valence-corrected chi connectivity index (χ0v) is 17.0. The maximum absolute atomic E-state index is 14.5. The van der Waals surface area contributed by atoms with E-state index >= 15 is 0 Å². The number of halogens is 4. The Balaban J connectivity index is 1.86. The molecular formula is C24H28F4O. The fraction of sp³-hybridized carbons (Fsp3) is 0.500. The van der Waals surface area contributed by atoms with Crippen LogP contribution in [0.3, 0.4) is 0 Å². The molecule has 0 radical (unpaired) electrons. The zero-order valence-electron chi connectivity index (χ0n) is 17.0. The average molecular weight is 408 g/mol. The maximum Gasteiger partial charge on any atom is 0.419 e. The van der Waals surface area contributed by atoms with Gasteiger partial charge in [-0.3, -0.25) is 0 Å². The summed E-state index contributed by atoms with van der Waals surface area (Å²) < 4.78 is 60.3. The molecule has 0 unspecified atom stereocenters. The van der Waals surface area contributed by atoms with E-state index in [0.717, 1.165) is 24.3 Å². The third-order valence-electron chi connectivity index (χ3n) is 5.93. The molecule has 0 heterocycles. The molecule has 1 aliphatic carbocycles. The number of hydrogen-bond acceptors (Lipinski definition) is 1. The number of benzene rings is 2. The predicted molar refractivity (Wildman–Crippen MR) is 108 cm³/mol. The van der Waals surface area contributed by atoms with Gasteiger partial charge in [-0.25, -0.2) is 4.39 Å². The molecule has 2 aromatic carbocycles.